The van der Waals surface area contributed by atoms with Crippen molar-refractivity contribution in [2.45, 2.75) is 45.7 Å². The first-order valence-corrected chi connectivity index (χ1v) is 11.4. The SMILES string of the molecule is CCC(C)Nc1nc(-c2ccccc2)cc(N(CC)C2CCS(=O)(=O)C2)n1. The van der Waals surface area contributed by atoms with Crippen LogP contribution in [0.1, 0.15) is 33.6 Å². The summed E-state index contributed by atoms with van der Waals surface area (Å²) in [5.41, 5.74) is 1.86. The van der Waals surface area contributed by atoms with Crippen LogP contribution in [-0.2, 0) is 9.84 Å². The molecule has 1 saturated heterocycles. The van der Waals surface area contributed by atoms with E-state index < -0.39 is 9.84 Å². The Morgan fingerprint density at radius 2 is 1.96 bits per heavy atom. The van der Waals surface area contributed by atoms with E-state index in [1.807, 2.05) is 43.3 Å². The molecule has 2 unspecified atom stereocenters. The van der Waals surface area contributed by atoms with Crippen molar-refractivity contribution in [1.29, 1.82) is 0 Å². The van der Waals surface area contributed by atoms with Crippen LogP contribution >= 0.6 is 0 Å². The normalized spacial score (nSPS) is 19.6. The van der Waals surface area contributed by atoms with Gasteiger partial charge in [0.2, 0.25) is 5.95 Å². The van der Waals surface area contributed by atoms with Crippen LogP contribution in [0, 0.1) is 0 Å². The highest BCUT2D eigenvalue weighted by Crippen LogP contribution is 2.28. The molecule has 1 N–H and O–H groups in total. The smallest absolute Gasteiger partial charge is 0.225 e. The van der Waals surface area contributed by atoms with Crippen molar-refractivity contribution in [1.82, 2.24) is 9.97 Å². The van der Waals surface area contributed by atoms with Gasteiger partial charge in [-0.1, -0.05) is 37.3 Å². The third kappa shape index (κ3) is 4.77. The number of hydrogen-bond acceptors (Lipinski definition) is 6. The van der Waals surface area contributed by atoms with Crippen LogP contribution in [0.4, 0.5) is 11.8 Å². The Morgan fingerprint density at radius 1 is 1.22 bits per heavy atom. The summed E-state index contributed by atoms with van der Waals surface area (Å²) in [5.74, 6) is 1.81. The molecule has 0 amide bonds. The van der Waals surface area contributed by atoms with Crippen LogP contribution in [0.3, 0.4) is 0 Å². The van der Waals surface area contributed by atoms with Crippen molar-refractivity contribution in [3.63, 3.8) is 0 Å². The maximum absolute atomic E-state index is 12.0. The maximum atomic E-state index is 12.0. The molecule has 0 radical (unpaired) electrons. The largest absolute Gasteiger partial charge is 0.353 e. The second kappa shape index (κ2) is 8.25. The van der Waals surface area contributed by atoms with Crippen molar-refractivity contribution >= 4 is 21.6 Å². The Bertz CT molecular complexity index is 871. The van der Waals surface area contributed by atoms with Gasteiger partial charge in [-0.3, -0.25) is 0 Å². The fourth-order valence-corrected chi connectivity index (χ4v) is 5.08. The Labute approximate surface area is 162 Å². The molecule has 1 aromatic heterocycles. The molecule has 2 aromatic rings. The number of nitrogens with one attached hydrogen (secondary N) is 1. The van der Waals surface area contributed by atoms with E-state index in [9.17, 15) is 8.42 Å². The van der Waals surface area contributed by atoms with Gasteiger partial charge in [0.25, 0.3) is 0 Å². The Kier molecular flexibility index (Phi) is 5.99. The van der Waals surface area contributed by atoms with Crippen molar-refractivity contribution in [3.05, 3.63) is 36.4 Å². The monoisotopic (exact) mass is 388 g/mol. The quantitative estimate of drug-likeness (QED) is 0.784. The molecule has 0 spiro atoms. The number of aromatic nitrogens is 2. The molecule has 146 valence electrons. The molecule has 2 heterocycles. The number of sulfone groups is 1. The predicted molar refractivity (Wildman–Crippen MR) is 111 cm³/mol. The summed E-state index contributed by atoms with van der Waals surface area (Å²) in [5, 5.41) is 3.36. The highest BCUT2D eigenvalue weighted by Gasteiger charge is 2.32. The molecule has 1 aliphatic heterocycles. The van der Waals surface area contributed by atoms with E-state index in [0.717, 1.165) is 23.5 Å². The third-order valence-corrected chi connectivity index (χ3v) is 6.80. The lowest BCUT2D eigenvalue weighted by Crippen LogP contribution is -2.37. The van der Waals surface area contributed by atoms with Gasteiger partial charge in [0, 0.05) is 30.3 Å². The van der Waals surface area contributed by atoms with E-state index in [-0.39, 0.29) is 23.6 Å². The molecule has 1 aromatic carbocycles. The average Bonchev–Trinajstić information content (AvgIpc) is 3.02. The Morgan fingerprint density at radius 3 is 2.56 bits per heavy atom. The molecular formula is C20H28N4O2S. The van der Waals surface area contributed by atoms with Gasteiger partial charge in [-0.25, -0.2) is 13.4 Å². The second-order valence-electron chi connectivity index (χ2n) is 7.10. The van der Waals surface area contributed by atoms with Crippen molar-refractivity contribution < 1.29 is 8.42 Å². The van der Waals surface area contributed by atoms with E-state index in [1.54, 1.807) is 0 Å². The van der Waals surface area contributed by atoms with Crippen molar-refractivity contribution in [3.8, 4) is 11.3 Å². The Balaban J connectivity index is 2.00. The molecular weight excluding hydrogens is 360 g/mol. The van der Waals surface area contributed by atoms with Gasteiger partial charge >= 0.3 is 0 Å². The average molecular weight is 389 g/mol. The van der Waals surface area contributed by atoms with Gasteiger partial charge in [-0.05, 0) is 26.7 Å². The summed E-state index contributed by atoms with van der Waals surface area (Å²) in [6, 6.07) is 12.2. The minimum Gasteiger partial charge on any atom is -0.353 e. The number of rotatable bonds is 7. The topological polar surface area (TPSA) is 75.2 Å². The zero-order valence-electron chi connectivity index (χ0n) is 16.2. The molecule has 6 nitrogen and oxygen atoms in total. The number of nitrogens with zero attached hydrogens (tertiary/aromatic N) is 3. The van der Waals surface area contributed by atoms with E-state index in [2.05, 4.69) is 24.1 Å². The van der Waals surface area contributed by atoms with E-state index in [0.29, 0.717) is 18.9 Å². The molecule has 1 aliphatic rings. The van der Waals surface area contributed by atoms with E-state index in [1.165, 1.54) is 0 Å². The molecule has 0 bridgehead atoms. The van der Waals surface area contributed by atoms with Crippen LogP contribution in [0.25, 0.3) is 11.3 Å². The van der Waals surface area contributed by atoms with Crippen molar-refractivity contribution in [2.24, 2.45) is 0 Å². The van der Waals surface area contributed by atoms with Gasteiger partial charge in [0.1, 0.15) is 5.82 Å². The molecule has 7 heteroatoms. The third-order valence-electron chi connectivity index (χ3n) is 5.05. The lowest BCUT2D eigenvalue weighted by molar-refractivity contribution is 0.599. The molecule has 27 heavy (non-hydrogen) atoms. The maximum Gasteiger partial charge on any atom is 0.225 e. The second-order valence-corrected chi connectivity index (χ2v) is 9.33. The standard InChI is InChI=1S/C20H28N4O2S/c1-4-15(3)21-20-22-18(16-9-7-6-8-10-16)13-19(23-20)24(5-2)17-11-12-27(25,26)14-17/h6-10,13,15,17H,4-5,11-12,14H2,1-3H3,(H,21,22,23). The van der Waals surface area contributed by atoms with E-state index >= 15 is 0 Å². The fourth-order valence-electron chi connectivity index (χ4n) is 3.35. The summed E-state index contributed by atoms with van der Waals surface area (Å²) in [4.78, 5) is 11.5. The minimum atomic E-state index is -2.95. The highest BCUT2D eigenvalue weighted by atomic mass is 32.2. The zero-order valence-corrected chi connectivity index (χ0v) is 17.0. The van der Waals surface area contributed by atoms with Gasteiger partial charge < -0.3 is 10.2 Å². The van der Waals surface area contributed by atoms with Gasteiger partial charge in [0.05, 0.1) is 17.2 Å². The summed E-state index contributed by atoms with van der Waals surface area (Å²) in [6.45, 7) is 6.95. The number of hydrogen-bond donors (Lipinski definition) is 1. The minimum absolute atomic E-state index is 0.0324. The molecule has 3 rings (SSSR count). The first-order valence-electron chi connectivity index (χ1n) is 9.60. The van der Waals surface area contributed by atoms with Gasteiger partial charge in [0.15, 0.2) is 9.84 Å². The number of anilines is 2. The summed E-state index contributed by atoms with van der Waals surface area (Å²) in [6.07, 6.45) is 1.61. The summed E-state index contributed by atoms with van der Waals surface area (Å²) < 4.78 is 23.9. The lowest BCUT2D eigenvalue weighted by Gasteiger charge is -2.28. The van der Waals surface area contributed by atoms with Crippen LogP contribution in [-0.4, -0.2) is 48.5 Å². The predicted octanol–water partition coefficient (Wildman–Crippen LogP) is 3.37. The molecule has 1 fully saturated rings. The molecule has 0 aliphatic carbocycles. The first kappa shape index (κ1) is 19.6. The summed E-state index contributed by atoms with van der Waals surface area (Å²) in [7, 11) is -2.95. The van der Waals surface area contributed by atoms with Crippen LogP contribution in [0.2, 0.25) is 0 Å². The van der Waals surface area contributed by atoms with Crippen molar-refractivity contribution in [2.75, 3.05) is 28.3 Å². The molecule has 0 saturated carbocycles. The zero-order chi connectivity index (χ0) is 19.4. The van der Waals surface area contributed by atoms with E-state index in [4.69, 9.17) is 9.97 Å². The Hall–Kier alpha value is -2.15. The fraction of sp³-hybridized carbons (Fsp3) is 0.500. The number of benzene rings is 1. The van der Waals surface area contributed by atoms with Gasteiger partial charge in [-0.15, -0.1) is 0 Å². The van der Waals surface area contributed by atoms with Crippen LogP contribution < -0.4 is 10.2 Å². The summed E-state index contributed by atoms with van der Waals surface area (Å²) >= 11 is 0. The highest BCUT2D eigenvalue weighted by molar-refractivity contribution is 7.91. The van der Waals surface area contributed by atoms with Crippen LogP contribution in [0.15, 0.2) is 36.4 Å². The van der Waals surface area contributed by atoms with Gasteiger partial charge in [-0.2, -0.15) is 4.98 Å². The van der Waals surface area contributed by atoms with Crippen LogP contribution in [0.5, 0.6) is 0 Å². The molecule has 2 atom stereocenters. The first-order chi connectivity index (χ1) is 12.9. The lowest BCUT2D eigenvalue weighted by atomic mass is 10.1.